The predicted molar refractivity (Wildman–Crippen MR) is 76.0 cm³/mol. The quantitative estimate of drug-likeness (QED) is 0.835. The van der Waals surface area contributed by atoms with E-state index in [1.807, 2.05) is 0 Å². The van der Waals surface area contributed by atoms with E-state index in [4.69, 9.17) is 0 Å². The zero-order valence-corrected chi connectivity index (χ0v) is 12.8. The van der Waals surface area contributed by atoms with E-state index in [2.05, 4.69) is 9.72 Å². The van der Waals surface area contributed by atoms with Crippen molar-refractivity contribution in [3.8, 4) is 5.75 Å². The van der Waals surface area contributed by atoms with Gasteiger partial charge >= 0.3 is 6.36 Å². The number of halogens is 3. The average Bonchev–Trinajstić information content (AvgIpc) is 2.47. The van der Waals surface area contributed by atoms with Crippen LogP contribution in [0.25, 0.3) is 0 Å². The number of sulfonamides is 1. The number of para-hydroxylation sites is 1. The highest BCUT2D eigenvalue weighted by Crippen LogP contribution is 2.31. The Hall–Kier alpha value is -2.13. The third-order valence-corrected chi connectivity index (χ3v) is 4.76. The lowest BCUT2D eigenvalue weighted by atomic mass is 10.3. The molecular weight excluding hydrogens is 333 g/mol. The van der Waals surface area contributed by atoms with Crippen LogP contribution in [-0.4, -0.2) is 31.1 Å². The van der Waals surface area contributed by atoms with Gasteiger partial charge in [-0.15, -0.1) is 13.2 Å². The molecule has 0 fully saturated rings. The lowest BCUT2D eigenvalue weighted by molar-refractivity contribution is -0.275. The fraction of sp³-hybridized carbons (Fsp3) is 0.214. The molecule has 0 unspecified atom stereocenters. The fourth-order valence-electron chi connectivity index (χ4n) is 1.87. The van der Waals surface area contributed by atoms with E-state index in [-0.39, 0.29) is 6.54 Å². The summed E-state index contributed by atoms with van der Waals surface area (Å²) in [5, 5.41) is 0. The third kappa shape index (κ3) is 4.42. The number of aromatic nitrogens is 1. The van der Waals surface area contributed by atoms with Crippen molar-refractivity contribution in [1.82, 2.24) is 9.29 Å². The van der Waals surface area contributed by atoms with Crippen LogP contribution in [0.2, 0.25) is 0 Å². The van der Waals surface area contributed by atoms with Crippen LogP contribution in [0, 0.1) is 0 Å². The van der Waals surface area contributed by atoms with E-state index < -0.39 is 27.0 Å². The minimum Gasteiger partial charge on any atom is -0.404 e. The number of benzene rings is 1. The van der Waals surface area contributed by atoms with Gasteiger partial charge in [0.05, 0.1) is 0 Å². The van der Waals surface area contributed by atoms with E-state index in [0.29, 0.717) is 5.56 Å². The van der Waals surface area contributed by atoms with Gasteiger partial charge in [-0.3, -0.25) is 4.98 Å². The molecule has 0 aliphatic rings. The molecule has 1 aromatic carbocycles. The van der Waals surface area contributed by atoms with Crippen LogP contribution in [-0.2, 0) is 16.6 Å². The summed E-state index contributed by atoms with van der Waals surface area (Å²) in [7, 11) is -2.87. The van der Waals surface area contributed by atoms with Crippen molar-refractivity contribution in [3.63, 3.8) is 0 Å². The Morgan fingerprint density at radius 3 is 2.35 bits per heavy atom. The fourth-order valence-corrected chi connectivity index (χ4v) is 3.14. The molecule has 9 heteroatoms. The topological polar surface area (TPSA) is 59.5 Å². The van der Waals surface area contributed by atoms with Crippen molar-refractivity contribution in [2.24, 2.45) is 0 Å². The minimum atomic E-state index is -4.98. The Balaban J connectivity index is 2.32. The van der Waals surface area contributed by atoms with E-state index in [1.165, 1.54) is 31.6 Å². The first-order chi connectivity index (χ1) is 10.7. The molecule has 5 nitrogen and oxygen atoms in total. The number of alkyl halides is 3. The SMILES string of the molecule is CN(Cc1ccncc1)S(=O)(=O)c1ccccc1OC(F)(F)F. The van der Waals surface area contributed by atoms with Gasteiger partial charge < -0.3 is 4.74 Å². The lowest BCUT2D eigenvalue weighted by Gasteiger charge is -2.19. The van der Waals surface area contributed by atoms with Crippen LogP contribution < -0.4 is 4.74 Å². The maximum Gasteiger partial charge on any atom is 0.573 e. The van der Waals surface area contributed by atoms with Gasteiger partial charge in [-0.25, -0.2) is 8.42 Å². The molecule has 0 bridgehead atoms. The van der Waals surface area contributed by atoms with Crippen LogP contribution in [0.4, 0.5) is 13.2 Å². The summed E-state index contributed by atoms with van der Waals surface area (Å²) in [4.78, 5) is 3.27. The number of hydrogen-bond acceptors (Lipinski definition) is 4. The summed E-state index contributed by atoms with van der Waals surface area (Å²) in [6, 6.07) is 7.85. The summed E-state index contributed by atoms with van der Waals surface area (Å²) in [5.41, 5.74) is 0.653. The average molecular weight is 346 g/mol. The van der Waals surface area contributed by atoms with Crippen LogP contribution >= 0.6 is 0 Å². The first-order valence-corrected chi connectivity index (χ1v) is 7.84. The second-order valence-electron chi connectivity index (χ2n) is 4.61. The molecule has 23 heavy (non-hydrogen) atoms. The molecule has 124 valence electrons. The molecule has 1 aromatic heterocycles. The van der Waals surface area contributed by atoms with Gasteiger partial charge in [0.15, 0.2) is 0 Å². The second-order valence-corrected chi connectivity index (χ2v) is 6.62. The Labute approximate surface area is 131 Å². The maximum atomic E-state index is 12.5. The summed E-state index contributed by atoms with van der Waals surface area (Å²) in [6.07, 6.45) is -1.98. The standard InChI is InChI=1S/C14H13F3N2O3S/c1-19(10-11-6-8-18-9-7-11)23(20,21)13-5-3-2-4-12(13)22-14(15,16)17/h2-9H,10H2,1H3. The maximum absolute atomic E-state index is 12.5. The lowest BCUT2D eigenvalue weighted by Crippen LogP contribution is -2.28. The highest BCUT2D eigenvalue weighted by atomic mass is 32.2. The molecule has 0 aliphatic heterocycles. The molecule has 0 N–H and O–H groups in total. The van der Waals surface area contributed by atoms with Crippen LogP contribution in [0.1, 0.15) is 5.56 Å². The van der Waals surface area contributed by atoms with E-state index in [1.54, 1.807) is 12.1 Å². The molecule has 0 aliphatic carbocycles. The van der Waals surface area contributed by atoms with Crippen molar-refractivity contribution < 1.29 is 26.3 Å². The summed E-state index contributed by atoms with van der Waals surface area (Å²) < 4.78 is 67.0. The largest absolute Gasteiger partial charge is 0.573 e. The minimum absolute atomic E-state index is 0.00872. The molecule has 0 amide bonds. The molecular formula is C14H13F3N2O3S. The van der Waals surface area contributed by atoms with Crippen molar-refractivity contribution >= 4 is 10.0 Å². The molecule has 0 spiro atoms. The van der Waals surface area contributed by atoms with Crippen LogP contribution in [0.5, 0.6) is 5.75 Å². The highest BCUT2D eigenvalue weighted by molar-refractivity contribution is 7.89. The van der Waals surface area contributed by atoms with Gasteiger partial charge in [0.1, 0.15) is 10.6 Å². The van der Waals surface area contributed by atoms with Crippen molar-refractivity contribution in [1.29, 1.82) is 0 Å². The second kappa shape index (κ2) is 6.55. The van der Waals surface area contributed by atoms with E-state index in [9.17, 15) is 21.6 Å². The smallest absolute Gasteiger partial charge is 0.404 e. The Kier molecular flexibility index (Phi) is 4.90. The molecule has 2 aromatic rings. The molecule has 0 saturated heterocycles. The summed E-state index contributed by atoms with van der Waals surface area (Å²) in [6.45, 7) is -0.00872. The van der Waals surface area contributed by atoms with Crippen molar-refractivity contribution in [2.45, 2.75) is 17.8 Å². The normalized spacial score (nSPS) is 12.4. The molecule has 0 radical (unpaired) electrons. The first kappa shape index (κ1) is 17.2. The van der Waals surface area contributed by atoms with Gasteiger partial charge in [-0.05, 0) is 29.8 Å². The number of pyridine rings is 1. The van der Waals surface area contributed by atoms with Gasteiger partial charge in [-0.2, -0.15) is 4.31 Å². The molecule has 0 atom stereocenters. The van der Waals surface area contributed by atoms with Gasteiger partial charge in [-0.1, -0.05) is 12.1 Å². The van der Waals surface area contributed by atoms with E-state index >= 15 is 0 Å². The highest BCUT2D eigenvalue weighted by Gasteiger charge is 2.34. The molecule has 1 heterocycles. The Morgan fingerprint density at radius 1 is 1.13 bits per heavy atom. The van der Waals surface area contributed by atoms with Crippen LogP contribution in [0.3, 0.4) is 0 Å². The van der Waals surface area contributed by atoms with E-state index in [0.717, 1.165) is 16.4 Å². The predicted octanol–water partition coefficient (Wildman–Crippen LogP) is 2.80. The Morgan fingerprint density at radius 2 is 1.74 bits per heavy atom. The van der Waals surface area contributed by atoms with Crippen LogP contribution in [0.15, 0.2) is 53.7 Å². The number of ether oxygens (including phenoxy) is 1. The zero-order valence-electron chi connectivity index (χ0n) is 12.0. The summed E-state index contributed by atoms with van der Waals surface area (Å²) >= 11 is 0. The van der Waals surface area contributed by atoms with Crippen molar-refractivity contribution in [3.05, 3.63) is 54.4 Å². The monoisotopic (exact) mass is 346 g/mol. The Bertz CT molecular complexity index is 764. The van der Waals surface area contributed by atoms with Gasteiger partial charge in [0.25, 0.3) is 0 Å². The van der Waals surface area contributed by atoms with Gasteiger partial charge in [0.2, 0.25) is 10.0 Å². The molecule has 2 rings (SSSR count). The number of rotatable bonds is 5. The first-order valence-electron chi connectivity index (χ1n) is 6.40. The molecule has 0 saturated carbocycles. The number of nitrogens with zero attached hydrogens (tertiary/aromatic N) is 2. The third-order valence-electron chi connectivity index (χ3n) is 2.92. The van der Waals surface area contributed by atoms with Crippen molar-refractivity contribution in [2.75, 3.05) is 7.05 Å². The number of hydrogen-bond donors (Lipinski definition) is 0. The summed E-state index contributed by atoms with van der Waals surface area (Å²) in [5.74, 6) is -0.762. The van der Waals surface area contributed by atoms with Gasteiger partial charge in [0, 0.05) is 26.0 Å². The zero-order chi connectivity index (χ0) is 17.1.